The van der Waals surface area contributed by atoms with Crippen LogP contribution in [0, 0.1) is 5.82 Å². The summed E-state index contributed by atoms with van der Waals surface area (Å²) in [5, 5.41) is 3.20. The Bertz CT molecular complexity index is 396. The number of halogens is 2. The van der Waals surface area contributed by atoms with Crippen molar-refractivity contribution in [3.63, 3.8) is 0 Å². The molecule has 0 aromatic carbocycles. The largest absolute Gasteiger partial charge is 0.366 e. The second-order valence-electron chi connectivity index (χ2n) is 3.70. The zero-order valence-corrected chi connectivity index (χ0v) is 8.18. The van der Waals surface area contributed by atoms with E-state index in [2.05, 4.69) is 15.2 Å². The second kappa shape index (κ2) is 2.73. The molecule has 2 aliphatic heterocycles. The van der Waals surface area contributed by atoms with Crippen molar-refractivity contribution in [2.24, 2.45) is 0 Å². The molecule has 0 radical (unpaired) electrons. The fourth-order valence-electron chi connectivity index (χ4n) is 2.09. The van der Waals surface area contributed by atoms with Gasteiger partial charge >= 0.3 is 0 Å². The zero-order valence-electron chi connectivity index (χ0n) is 7.43. The van der Waals surface area contributed by atoms with Gasteiger partial charge in [0.25, 0.3) is 0 Å². The van der Waals surface area contributed by atoms with Crippen LogP contribution in [0.25, 0.3) is 0 Å². The summed E-state index contributed by atoms with van der Waals surface area (Å²) >= 11 is 5.62. The van der Waals surface area contributed by atoms with Crippen molar-refractivity contribution in [3.8, 4) is 0 Å². The van der Waals surface area contributed by atoms with Gasteiger partial charge in [-0.15, -0.1) is 0 Å². The first-order valence-corrected chi connectivity index (χ1v) is 4.99. The van der Waals surface area contributed by atoms with Crippen LogP contribution in [0.15, 0.2) is 6.07 Å². The van der Waals surface area contributed by atoms with Gasteiger partial charge in [-0.3, -0.25) is 0 Å². The summed E-state index contributed by atoms with van der Waals surface area (Å²) in [6, 6.07) is 1.90. The van der Waals surface area contributed by atoms with E-state index >= 15 is 0 Å². The molecular weight excluding hydrogens is 205 g/mol. The van der Waals surface area contributed by atoms with E-state index in [4.69, 9.17) is 11.6 Å². The van der Waals surface area contributed by atoms with E-state index in [-0.39, 0.29) is 5.15 Å². The van der Waals surface area contributed by atoms with Gasteiger partial charge in [-0.05, 0) is 6.42 Å². The maximum Gasteiger partial charge on any atom is 0.167 e. The Morgan fingerprint density at radius 1 is 1.64 bits per heavy atom. The number of hydrogen-bond acceptors (Lipinski definition) is 3. The summed E-state index contributed by atoms with van der Waals surface area (Å²) in [6.07, 6.45) is 1.08. The van der Waals surface area contributed by atoms with Gasteiger partial charge < -0.3 is 10.2 Å². The van der Waals surface area contributed by atoms with Crippen LogP contribution in [0.4, 0.5) is 15.9 Å². The molecule has 0 amide bonds. The smallest absolute Gasteiger partial charge is 0.167 e. The lowest BCUT2D eigenvalue weighted by Gasteiger charge is -2.27. The van der Waals surface area contributed by atoms with Gasteiger partial charge in [-0.1, -0.05) is 11.6 Å². The summed E-state index contributed by atoms with van der Waals surface area (Å²) in [5.41, 5.74) is 0.834. The van der Waals surface area contributed by atoms with E-state index in [0.29, 0.717) is 11.9 Å². The minimum atomic E-state index is -0.447. The Hall–Kier alpha value is -1.03. The van der Waals surface area contributed by atoms with E-state index < -0.39 is 5.82 Å². The molecule has 0 saturated carbocycles. The van der Waals surface area contributed by atoms with Gasteiger partial charge in [-0.25, -0.2) is 9.37 Å². The number of nitrogens with one attached hydrogen (secondary N) is 1. The molecule has 3 heterocycles. The summed E-state index contributed by atoms with van der Waals surface area (Å²) in [4.78, 5) is 6.13. The average molecular weight is 214 g/mol. The molecule has 1 unspecified atom stereocenters. The van der Waals surface area contributed by atoms with Crippen LogP contribution in [0.2, 0.25) is 5.15 Å². The summed E-state index contributed by atoms with van der Waals surface area (Å²) in [6.45, 7) is 1.91. The molecule has 3 nitrogen and oxygen atoms in total. The van der Waals surface area contributed by atoms with Crippen LogP contribution in [-0.4, -0.2) is 24.1 Å². The molecule has 2 aliphatic rings. The van der Waals surface area contributed by atoms with Crippen molar-refractivity contribution in [1.29, 1.82) is 0 Å². The third-order valence-corrected chi connectivity index (χ3v) is 3.05. The standard InChI is InChI=1S/C9H9ClFN3/c10-8-6(11)3-7-9(13-8)12-5-1-2-14(7)4-5/h3,5H,1-2,4H2,(H,12,13). The first kappa shape index (κ1) is 8.29. The predicted molar refractivity (Wildman–Crippen MR) is 53.4 cm³/mol. The number of hydrogen-bond donors (Lipinski definition) is 1. The van der Waals surface area contributed by atoms with Crippen LogP contribution >= 0.6 is 11.6 Å². The molecule has 3 rings (SSSR count). The van der Waals surface area contributed by atoms with Gasteiger partial charge in [0.05, 0.1) is 5.69 Å². The summed E-state index contributed by atoms with van der Waals surface area (Å²) in [5.74, 6) is 0.266. The lowest BCUT2D eigenvalue weighted by Crippen LogP contribution is -2.32. The number of nitrogens with zero attached hydrogens (tertiary/aromatic N) is 2. The molecule has 1 aromatic rings. The number of fused-ring (bicyclic) bond motifs is 4. The van der Waals surface area contributed by atoms with Gasteiger partial charge in [0, 0.05) is 25.2 Å². The predicted octanol–water partition coefficient (Wildman–Crippen LogP) is 1.88. The Morgan fingerprint density at radius 2 is 2.50 bits per heavy atom. The number of pyridine rings is 1. The topological polar surface area (TPSA) is 28.2 Å². The molecule has 1 saturated heterocycles. The molecule has 5 heteroatoms. The molecule has 0 aliphatic carbocycles. The Morgan fingerprint density at radius 3 is 3.36 bits per heavy atom. The van der Waals surface area contributed by atoms with Crippen molar-refractivity contribution in [1.82, 2.24) is 4.98 Å². The second-order valence-corrected chi connectivity index (χ2v) is 4.06. The highest BCUT2D eigenvalue weighted by Gasteiger charge is 2.31. The molecule has 1 aromatic heterocycles. The van der Waals surface area contributed by atoms with Gasteiger partial charge in [0.15, 0.2) is 16.8 Å². The van der Waals surface area contributed by atoms with Crippen LogP contribution in [0.3, 0.4) is 0 Å². The number of aromatic nitrogens is 1. The van der Waals surface area contributed by atoms with Gasteiger partial charge in [0.1, 0.15) is 0 Å². The van der Waals surface area contributed by atoms with E-state index in [1.807, 2.05) is 0 Å². The summed E-state index contributed by atoms with van der Waals surface area (Å²) in [7, 11) is 0. The highest BCUT2D eigenvalue weighted by atomic mass is 35.5. The Kier molecular flexibility index (Phi) is 1.62. The normalized spacial score (nSPS) is 23.3. The molecule has 14 heavy (non-hydrogen) atoms. The Labute approximate surface area is 85.9 Å². The first-order valence-electron chi connectivity index (χ1n) is 4.61. The fraction of sp³-hybridized carbons (Fsp3) is 0.444. The molecule has 2 bridgehead atoms. The summed E-state index contributed by atoms with van der Waals surface area (Å²) < 4.78 is 13.2. The zero-order chi connectivity index (χ0) is 9.71. The number of rotatable bonds is 0. The first-order chi connectivity index (χ1) is 6.74. The quantitative estimate of drug-likeness (QED) is 0.667. The van der Waals surface area contributed by atoms with E-state index in [1.165, 1.54) is 6.07 Å². The molecule has 1 fully saturated rings. The molecular formula is C9H9ClFN3. The van der Waals surface area contributed by atoms with E-state index in [9.17, 15) is 4.39 Å². The van der Waals surface area contributed by atoms with Crippen molar-refractivity contribution >= 4 is 23.1 Å². The van der Waals surface area contributed by atoms with Crippen molar-refractivity contribution in [2.75, 3.05) is 23.3 Å². The third kappa shape index (κ3) is 1.07. The molecule has 74 valence electrons. The Balaban J connectivity index is 2.14. The minimum Gasteiger partial charge on any atom is -0.366 e. The van der Waals surface area contributed by atoms with Crippen LogP contribution < -0.4 is 10.2 Å². The molecule has 1 atom stereocenters. The maximum absolute atomic E-state index is 13.2. The lowest BCUT2D eigenvalue weighted by molar-refractivity contribution is 0.620. The van der Waals surface area contributed by atoms with E-state index in [0.717, 1.165) is 25.2 Å². The fourth-order valence-corrected chi connectivity index (χ4v) is 2.23. The lowest BCUT2D eigenvalue weighted by atomic mass is 10.2. The number of anilines is 2. The van der Waals surface area contributed by atoms with E-state index in [1.54, 1.807) is 0 Å². The van der Waals surface area contributed by atoms with Gasteiger partial charge in [0.2, 0.25) is 0 Å². The maximum atomic E-state index is 13.2. The van der Waals surface area contributed by atoms with Gasteiger partial charge in [-0.2, -0.15) is 0 Å². The third-order valence-electron chi connectivity index (χ3n) is 2.78. The highest BCUT2D eigenvalue weighted by Crippen LogP contribution is 2.35. The van der Waals surface area contributed by atoms with Crippen LogP contribution in [0.1, 0.15) is 6.42 Å². The average Bonchev–Trinajstić information content (AvgIpc) is 2.54. The van der Waals surface area contributed by atoms with Crippen LogP contribution in [0.5, 0.6) is 0 Å². The SMILES string of the molecule is Fc1cc2c(nc1Cl)NC1CCN2C1. The van der Waals surface area contributed by atoms with Crippen molar-refractivity contribution < 1.29 is 4.39 Å². The van der Waals surface area contributed by atoms with Crippen molar-refractivity contribution in [3.05, 3.63) is 17.0 Å². The molecule has 0 spiro atoms. The van der Waals surface area contributed by atoms with Crippen molar-refractivity contribution in [2.45, 2.75) is 12.5 Å². The molecule has 1 N–H and O–H groups in total. The van der Waals surface area contributed by atoms with Crippen LogP contribution in [-0.2, 0) is 0 Å². The monoisotopic (exact) mass is 213 g/mol. The highest BCUT2D eigenvalue weighted by molar-refractivity contribution is 6.29. The minimum absolute atomic E-state index is 0.0567.